The van der Waals surface area contributed by atoms with Crippen LogP contribution in [0.4, 0.5) is 0 Å². The van der Waals surface area contributed by atoms with Crippen LogP contribution in [0.1, 0.15) is 290 Å². The zero-order valence-corrected chi connectivity index (χ0v) is 46.7. The fraction of sp³-hybridized carbons (Fsp3) is 0.738. The number of carbonyl (C=O) groups excluding carboxylic acids is 3. The molecule has 71 heavy (non-hydrogen) atoms. The van der Waals surface area contributed by atoms with Crippen molar-refractivity contribution in [2.75, 3.05) is 13.2 Å². The van der Waals surface area contributed by atoms with Crippen molar-refractivity contribution in [2.24, 2.45) is 0 Å². The molecule has 0 aromatic heterocycles. The molecule has 0 spiro atoms. The Bertz CT molecular complexity index is 1370. The number of carbonyl (C=O) groups is 3. The lowest BCUT2D eigenvalue weighted by molar-refractivity contribution is -0.167. The minimum Gasteiger partial charge on any atom is -0.462 e. The van der Waals surface area contributed by atoms with Gasteiger partial charge < -0.3 is 14.2 Å². The van der Waals surface area contributed by atoms with Crippen LogP contribution in [0.3, 0.4) is 0 Å². The maximum Gasteiger partial charge on any atom is 0.306 e. The van der Waals surface area contributed by atoms with Gasteiger partial charge in [0.2, 0.25) is 0 Å². The van der Waals surface area contributed by atoms with Crippen LogP contribution >= 0.6 is 0 Å². The number of esters is 3. The van der Waals surface area contributed by atoms with Crippen molar-refractivity contribution in [2.45, 2.75) is 297 Å². The first-order chi connectivity index (χ1) is 35.0. The van der Waals surface area contributed by atoms with Crippen LogP contribution in [0.25, 0.3) is 0 Å². The minimum absolute atomic E-state index is 0.0811. The van der Waals surface area contributed by atoms with Gasteiger partial charge in [0, 0.05) is 19.3 Å². The molecule has 0 aromatic rings. The summed E-state index contributed by atoms with van der Waals surface area (Å²) in [6.07, 6.45) is 77.3. The Morgan fingerprint density at radius 1 is 0.296 bits per heavy atom. The average Bonchev–Trinajstić information content (AvgIpc) is 3.37. The summed E-state index contributed by atoms with van der Waals surface area (Å²) in [5.74, 6) is -0.890. The second kappa shape index (κ2) is 59.2. The lowest BCUT2D eigenvalue weighted by atomic mass is 10.0. The van der Waals surface area contributed by atoms with Gasteiger partial charge in [-0.15, -0.1) is 0 Å². The molecule has 0 aromatic carbocycles. The van der Waals surface area contributed by atoms with Gasteiger partial charge in [0.15, 0.2) is 6.10 Å². The summed E-state index contributed by atoms with van der Waals surface area (Å²) in [7, 11) is 0. The van der Waals surface area contributed by atoms with Gasteiger partial charge in [-0.3, -0.25) is 14.4 Å². The van der Waals surface area contributed by atoms with Crippen LogP contribution in [0.5, 0.6) is 0 Å². The zero-order chi connectivity index (χ0) is 51.4. The van der Waals surface area contributed by atoms with E-state index in [2.05, 4.69) is 106 Å². The van der Waals surface area contributed by atoms with Gasteiger partial charge in [0.1, 0.15) is 13.2 Å². The number of rotatable bonds is 54. The van der Waals surface area contributed by atoms with E-state index in [1.54, 1.807) is 0 Å². The van der Waals surface area contributed by atoms with Crippen LogP contribution in [-0.2, 0) is 28.6 Å². The van der Waals surface area contributed by atoms with Crippen molar-refractivity contribution in [3.05, 3.63) is 85.1 Å². The molecule has 1 unspecified atom stereocenters. The number of unbranched alkanes of at least 4 members (excludes halogenated alkanes) is 29. The van der Waals surface area contributed by atoms with Gasteiger partial charge in [-0.2, -0.15) is 0 Å². The van der Waals surface area contributed by atoms with Crippen LogP contribution in [-0.4, -0.2) is 37.2 Å². The normalized spacial score (nSPS) is 12.7. The average molecular weight is 990 g/mol. The molecule has 0 aliphatic heterocycles. The van der Waals surface area contributed by atoms with E-state index in [0.29, 0.717) is 19.3 Å². The van der Waals surface area contributed by atoms with Crippen molar-refractivity contribution in [1.29, 1.82) is 0 Å². The molecular formula is C65H112O6. The van der Waals surface area contributed by atoms with Gasteiger partial charge in [-0.1, -0.05) is 266 Å². The molecule has 0 radical (unpaired) electrons. The van der Waals surface area contributed by atoms with Gasteiger partial charge in [-0.25, -0.2) is 0 Å². The van der Waals surface area contributed by atoms with Crippen molar-refractivity contribution in [1.82, 2.24) is 0 Å². The first-order valence-corrected chi connectivity index (χ1v) is 30.1. The topological polar surface area (TPSA) is 78.9 Å². The van der Waals surface area contributed by atoms with E-state index in [4.69, 9.17) is 14.2 Å². The van der Waals surface area contributed by atoms with E-state index < -0.39 is 6.10 Å². The second-order valence-corrected chi connectivity index (χ2v) is 19.9. The summed E-state index contributed by atoms with van der Waals surface area (Å²) in [6, 6.07) is 0. The predicted molar refractivity (Wildman–Crippen MR) is 307 cm³/mol. The van der Waals surface area contributed by atoms with Crippen LogP contribution in [0, 0.1) is 0 Å². The van der Waals surface area contributed by atoms with Crippen LogP contribution < -0.4 is 0 Å². The van der Waals surface area contributed by atoms with Crippen molar-refractivity contribution in [3.8, 4) is 0 Å². The SMILES string of the molecule is CC/C=C\C/C=C\C/C=C\C/C=C\C/C=C\C/C=C\CCCCCCCCCCC(=O)OCC(COC(=O)CCCCCCC/C=C\CCC)OC(=O)CCCCCCCCCCCCCCCCCC. The van der Waals surface area contributed by atoms with Crippen LogP contribution in [0.2, 0.25) is 0 Å². The highest BCUT2D eigenvalue weighted by Gasteiger charge is 2.19. The molecule has 1 atom stereocenters. The first-order valence-electron chi connectivity index (χ1n) is 30.1. The Balaban J connectivity index is 4.25. The van der Waals surface area contributed by atoms with Crippen molar-refractivity contribution < 1.29 is 28.6 Å². The van der Waals surface area contributed by atoms with E-state index >= 15 is 0 Å². The third kappa shape index (κ3) is 57.4. The molecule has 6 heteroatoms. The fourth-order valence-corrected chi connectivity index (χ4v) is 8.39. The molecule has 6 nitrogen and oxygen atoms in total. The minimum atomic E-state index is -0.781. The summed E-state index contributed by atoms with van der Waals surface area (Å²) in [5.41, 5.74) is 0. The van der Waals surface area contributed by atoms with Gasteiger partial charge in [0.05, 0.1) is 0 Å². The highest BCUT2D eigenvalue weighted by Crippen LogP contribution is 2.16. The summed E-state index contributed by atoms with van der Waals surface area (Å²) >= 11 is 0. The zero-order valence-electron chi connectivity index (χ0n) is 46.7. The third-order valence-corrected chi connectivity index (χ3v) is 12.9. The second-order valence-electron chi connectivity index (χ2n) is 19.9. The standard InChI is InChI=1S/C65H112O6/c1-4-7-10-13-16-19-22-24-26-28-29-30-31-32-33-34-35-36-37-38-40-41-43-46-49-52-55-58-64(67)70-61-62(60-69-63(66)57-54-51-48-45-21-18-15-12-9-6-3)71-65(68)59-56-53-50-47-44-42-39-27-25-23-20-17-14-11-8-5-2/h7,10,12,15-16,19,24,26,29-30,32-33,35-36,62H,4-6,8-9,11,13-14,17-18,20-23,25,27-28,31,34,37-61H2,1-3H3/b10-7-,15-12-,19-16-,26-24-,30-29-,33-32-,36-35-. The molecule has 0 amide bonds. The maximum atomic E-state index is 12.8. The van der Waals surface area contributed by atoms with Gasteiger partial charge >= 0.3 is 17.9 Å². The van der Waals surface area contributed by atoms with Gasteiger partial charge in [-0.05, 0) is 89.9 Å². The Hall–Kier alpha value is -3.41. The molecule has 0 aliphatic carbocycles. The molecule has 408 valence electrons. The number of ether oxygens (including phenoxy) is 3. The largest absolute Gasteiger partial charge is 0.462 e. The lowest BCUT2D eigenvalue weighted by Gasteiger charge is -2.18. The van der Waals surface area contributed by atoms with E-state index in [-0.39, 0.29) is 31.1 Å². The quantitative estimate of drug-likeness (QED) is 0.0261. The summed E-state index contributed by atoms with van der Waals surface area (Å²) in [4.78, 5) is 38.1. The summed E-state index contributed by atoms with van der Waals surface area (Å²) < 4.78 is 16.8. The predicted octanol–water partition coefficient (Wildman–Crippen LogP) is 20.3. The molecule has 0 saturated carbocycles. The summed E-state index contributed by atoms with van der Waals surface area (Å²) in [5, 5.41) is 0. The molecule has 0 fully saturated rings. The number of hydrogen-bond acceptors (Lipinski definition) is 6. The number of hydrogen-bond donors (Lipinski definition) is 0. The molecule has 0 bridgehead atoms. The Morgan fingerprint density at radius 2 is 0.577 bits per heavy atom. The maximum absolute atomic E-state index is 12.8. The lowest BCUT2D eigenvalue weighted by Crippen LogP contribution is -2.30. The molecule has 0 heterocycles. The first kappa shape index (κ1) is 67.6. The van der Waals surface area contributed by atoms with Gasteiger partial charge in [0.25, 0.3) is 0 Å². The number of allylic oxidation sites excluding steroid dienone is 14. The summed E-state index contributed by atoms with van der Waals surface area (Å²) in [6.45, 7) is 6.47. The highest BCUT2D eigenvalue weighted by molar-refractivity contribution is 5.71. The monoisotopic (exact) mass is 989 g/mol. The van der Waals surface area contributed by atoms with E-state index in [9.17, 15) is 14.4 Å². The van der Waals surface area contributed by atoms with Crippen molar-refractivity contribution in [3.63, 3.8) is 0 Å². The Labute approximate surface area is 439 Å². The van der Waals surface area contributed by atoms with Crippen LogP contribution in [0.15, 0.2) is 85.1 Å². The van der Waals surface area contributed by atoms with Crippen molar-refractivity contribution >= 4 is 17.9 Å². The van der Waals surface area contributed by atoms with E-state index in [1.165, 1.54) is 135 Å². The molecular weight excluding hydrogens is 877 g/mol. The highest BCUT2D eigenvalue weighted by atomic mass is 16.6. The Kier molecular flexibility index (Phi) is 56.3. The van der Waals surface area contributed by atoms with E-state index in [1.807, 2.05) is 0 Å². The molecule has 0 N–H and O–H groups in total. The molecule has 0 aliphatic rings. The molecule has 0 saturated heterocycles. The third-order valence-electron chi connectivity index (χ3n) is 12.9. The Morgan fingerprint density at radius 3 is 0.930 bits per heavy atom. The smallest absolute Gasteiger partial charge is 0.306 e. The van der Waals surface area contributed by atoms with E-state index in [0.717, 1.165) is 116 Å². The molecule has 0 rings (SSSR count). The fourth-order valence-electron chi connectivity index (χ4n) is 8.39.